The molecule has 0 bridgehead atoms. The fourth-order valence-electron chi connectivity index (χ4n) is 2.93. The molecule has 9 nitrogen and oxygen atoms in total. The summed E-state index contributed by atoms with van der Waals surface area (Å²) < 4.78 is 17.2. The summed E-state index contributed by atoms with van der Waals surface area (Å²) in [7, 11) is 0. The molecule has 1 aliphatic rings. The van der Waals surface area contributed by atoms with E-state index < -0.39 is 11.2 Å². The Bertz CT molecular complexity index is 1160. The fraction of sp³-hybridized carbons (Fsp3) is 0.143. The molecule has 2 heterocycles. The lowest BCUT2D eigenvalue weighted by Crippen LogP contribution is -2.36. The van der Waals surface area contributed by atoms with E-state index in [0.29, 0.717) is 22.1 Å². The number of non-ortho nitro benzene ring substituents is 1. The van der Waals surface area contributed by atoms with Crippen molar-refractivity contribution in [2.24, 2.45) is 5.10 Å². The number of hydrogen-bond donors (Lipinski definition) is 0. The van der Waals surface area contributed by atoms with Gasteiger partial charge < -0.3 is 13.9 Å². The molecule has 0 unspecified atom stereocenters. The van der Waals surface area contributed by atoms with Gasteiger partial charge in [-0.15, -0.1) is 5.10 Å². The van der Waals surface area contributed by atoms with E-state index in [1.165, 1.54) is 24.1 Å². The van der Waals surface area contributed by atoms with Crippen molar-refractivity contribution in [1.82, 2.24) is 5.01 Å². The predicted molar refractivity (Wildman–Crippen MR) is 112 cm³/mol. The predicted octanol–water partition coefficient (Wildman–Crippen LogP) is 4.45. The molecule has 1 aliphatic heterocycles. The van der Waals surface area contributed by atoms with Gasteiger partial charge in [0.2, 0.25) is 12.1 Å². The molecule has 0 saturated heterocycles. The first-order chi connectivity index (χ1) is 14.9. The van der Waals surface area contributed by atoms with E-state index in [2.05, 4.69) is 5.10 Å². The van der Waals surface area contributed by atoms with Gasteiger partial charge in [-0.05, 0) is 36.4 Å². The third-order valence-corrected chi connectivity index (χ3v) is 4.66. The molecule has 3 aromatic rings. The maximum absolute atomic E-state index is 12.0. The molecule has 0 radical (unpaired) electrons. The van der Waals surface area contributed by atoms with Gasteiger partial charge in [-0.2, -0.15) is 5.01 Å². The Morgan fingerprint density at radius 2 is 1.94 bits per heavy atom. The Morgan fingerprint density at radius 1 is 1.19 bits per heavy atom. The van der Waals surface area contributed by atoms with Crippen LogP contribution in [0.2, 0.25) is 5.02 Å². The van der Waals surface area contributed by atoms with Gasteiger partial charge in [0.05, 0.1) is 4.92 Å². The van der Waals surface area contributed by atoms with Crippen LogP contribution in [0.3, 0.4) is 0 Å². The van der Waals surface area contributed by atoms with Gasteiger partial charge in [-0.3, -0.25) is 14.9 Å². The zero-order valence-corrected chi connectivity index (χ0v) is 17.0. The lowest BCUT2D eigenvalue weighted by molar-refractivity contribution is -0.384. The second-order valence-electron chi connectivity index (χ2n) is 6.58. The van der Waals surface area contributed by atoms with Crippen LogP contribution in [0.5, 0.6) is 5.75 Å². The minimum Gasteiger partial charge on any atom is -0.488 e. The first-order valence-electron chi connectivity index (χ1n) is 9.19. The van der Waals surface area contributed by atoms with E-state index >= 15 is 0 Å². The summed E-state index contributed by atoms with van der Waals surface area (Å²) in [6, 6.07) is 16.1. The molecular weight excluding hydrogens is 426 g/mol. The van der Waals surface area contributed by atoms with E-state index in [1.807, 2.05) is 0 Å². The second kappa shape index (κ2) is 8.49. The van der Waals surface area contributed by atoms with E-state index in [4.69, 9.17) is 25.5 Å². The normalized spacial score (nSPS) is 15.4. The Hall–Kier alpha value is -3.85. The number of nitrogens with zero attached hydrogens (tertiary/aromatic N) is 3. The van der Waals surface area contributed by atoms with Gasteiger partial charge in [-0.25, -0.2) is 0 Å². The number of nitro groups is 1. The monoisotopic (exact) mass is 441 g/mol. The van der Waals surface area contributed by atoms with Crippen molar-refractivity contribution >= 4 is 29.1 Å². The highest BCUT2D eigenvalue weighted by atomic mass is 35.5. The highest BCUT2D eigenvalue weighted by Crippen LogP contribution is 2.28. The minimum atomic E-state index is -0.783. The number of nitro benzene ring substituents is 1. The van der Waals surface area contributed by atoms with Crippen molar-refractivity contribution in [2.45, 2.75) is 13.2 Å². The van der Waals surface area contributed by atoms with Crippen molar-refractivity contribution < 1.29 is 23.6 Å². The first kappa shape index (κ1) is 20.4. The summed E-state index contributed by atoms with van der Waals surface area (Å²) in [6.45, 7) is 1.40. The highest BCUT2D eigenvalue weighted by molar-refractivity contribution is 6.30. The number of amides is 1. The summed E-state index contributed by atoms with van der Waals surface area (Å²) in [5, 5.41) is 16.9. The van der Waals surface area contributed by atoms with Crippen molar-refractivity contribution in [3.05, 3.63) is 81.6 Å². The fourth-order valence-corrected chi connectivity index (χ4v) is 3.05. The van der Waals surface area contributed by atoms with Crippen LogP contribution in [0.15, 0.2) is 70.2 Å². The van der Waals surface area contributed by atoms with E-state index in [0.717, 1.165) is 0 Å². The van der Waals surface area contributed by atoms with Gasteiger partial charge in [-0.1, -0.05) is 23.7 Å². The molecule has 31 heavy (non-hydrogen) atoms. The lowest BCUT2D eigenvalue weighted by atomic mass is 10.1. The first-order valence-corrected chi connectivity index (χ1v) is 9.57. The van der Waals surface area contributed by atoms with Crippen molar-refractivity contribution in [3.63, 3.8) is 0 Å². The molecule has 0 aliphatic carbocycles. The molecule has 4 rings (SSSR count). The van der Waals surface area contributed by atoms with Crippen LogP contribution in [-0.4, -0.2) is 34.6 Å². The van der Waals surface area contributed by atoms with Gasteiger partial charge >= 0.3 is 0 Å². The van der Waals surface area contributed by atoms with Crippen LogP contribution in [0.1, 0.15) is 12.7 Å². The van der Waals surface area contributed by atoms with Crippen LogP contribution >= 0.6 is 11.6 Å². The molecular formula is C21H16ClN3O6. The molecule has 1 atom stereocenters. The number of carbonyl (C=O) groups is 1. The summed E-state index contributed by atoms with van der Waals surface area (Å²) in [5.74, 6) is 1.03. The number of halogens is 1. The Labute approximate surface area is 181 Å². The smallest absolute Gasteiger partial charge is 0.277 e. The van der Waals surface area contributed by atoms with Gasteiger partial charge in [0.1, 0.15) is 18.1 Å². The van der Waals surface area contributed by atoms with E-state index in [-0.39, 0.29) is 29.9 Å². The largest absolute Gasteiger partial charge is 0.488 e. The number of hydrogen-bond acceptors (Lipinski definition) is 7. The number of rotatable bonds is 6. The Balaban J connectivity index is 1.50. The lowest BCUT2D eigenvalue weighted by Gasteiger charge is -2.19. The average Bonchev–Trinajstić information content (AvgIpc) is 3.41. The molecule has 0 N–H and O–H groups in total. The average molecular weight is 442 g/mol. The summed E-state index contributed by atoms with van der Waals surface area (Å²) in [6.07, 6.45) is -0.783. The van der Waals surface area contributed by atoms with E-state index in [9.17, 15) is 14.9 Å². The van der Waals surface area contributed by atoms with Crippen LogP contribution in [0.25, 0.3) is 11.3 Å². The summed E-state index contributed by atoms with van der Waals surface area (Å²) >= 11 is 5.87. The summed E-state index contributed by atoms with van der Waals surface area (Å²) in [4.78, 5) is 22.5. The van der Waals surface area contributed by atoms with Gasteiger partial charge in [0, 0.05) is 29.6 Å². The van der Waals surface area contributed by atoms with Crippen LogP contribution in [0, 0.1) is 10.1 Å². The summed E-state index contributed by atoms with van der Waals surface area (Å²) in [5.41, 5.74) is 0.483. The number of furan rings is 1. The van der Waals surface area contributed by atoms with Crippen molar-refractivity contribution in [3.8, 4) is 17.1 Å². The third-order valence-electron chi connectivity index (χ3n) is 4.41. The van der Waals surface area contributed by atoms with Gasteiger partial charge in [0.15, 0.2) is 5.76 Å². The number of ether oxygens (including phenoxy) is 2. The van der Waals surface area contributed by atoms with E-state index in [1.54, 1.807) is 48.5 Å². The SMILES string of the molecule is CC(=O)N1N=C(c2ccc(-c3cccc([N+](=O)[O-])c3)o2)O[C@H]1COc1ccc(Cl)cc1. The Kier molecular flexibility index (Phi) is 5.59. The number of hydrazone groups is 1. The number of benzene rings is 2. The number of carbonyl (C=O) groups excluding carboxylic acids is 1. The topological polar surface area (TPSA) is 107 Å². The molecule has 0 fully saturated rings. The van der Waals surface area contributed by atoms with Crippen molar-refractivity contribution in [1.29, 1.82) is 0 Å². The minimum absolute atomic E-state index is 0.0344. The van der Waals surface area contributed by atoms with Crippen LogP contribution in [0.4, 0.5) is 5.69 Å². The standard InChI is InChI=1S/C21H16ClN3O6/c1-13(26)24-20(12-29-17-7-5-15(22)6-8-17)31-21(23-24)19-10-9-18(30-19)14-3-2-4-16(11-14)25(27)28/h2-11,20H,12H2,1H3/t20-/m0/s1. The molecule has 0 spiro atoms. The second-order valence-corrected chi connectivity index (χ2v) is 7.01. The molecule has 2 aromatic carbocycles. The zero-order chi connectivity index (χ0) is 22.0. The van der Waals surface area contributed by atoms with Crippen molar-refractivity contribution in [2.75, 3.05) is 6.61 Å². The quantitative estimate of drug-likeness (QED) is 0.413. The maximum atomic E-state index is 12.0. The van der Waals surface area contributed by atoms with Crippen LogP contribution < -0.4 is 4.74 Å². The molecule has 1 amide bonds. The molecule has 0 saturated carbocycles. The molecule has 158 valence electrons. The zero-order valence-electron chi connectivity index (χ0n) is 16.2. The Morgan fingerprint density at radius 3 is 2.65 bits per heavy atom. The molecule has 10 heteroatoms. The van der Waals surface area contributed by atoms with Gasteiger partial charge in [0.25, 0.3) is 11.6 Å². The third kappa shape index (κ3) is 4.51. The molecule has 1 aromatic heterocycles. The van der Waals surface area contributed by atoms with Crippen LogP contribution in [-0.2, 0) is 9.53 Å². The maximum Gasteiger partial charge on any atom is 0.277 e. The highest BCUT2D eigenvalue weighted by Gasteiger charge is 2.33.